The number of nitrogens with zero attached hydrogens (tertiary/aromatic N) is 1. The van der Waals surface area contributed by atoms with E-state index >= 15 is 0 Å². The molecular weight excluding hydrogens is 220 g/mol. The number of carbonyl (C=O) groups excluding carboxylic acids is 1. The number of nitrogen functional groups attached to an aromatic ring is 1. The molecule has 0 saturated heterocycles. The van der Waals surface area contributed by atoms with E-state index in [4.69, 9.17) is 10.6 Å². The standard InChI is InChI=1S/C11H18N4O2/c1-11(2,7-17-3)14-10(16)8-5-4-6-9(13-8)15-12/h4-6H,7,12H2,1-3H3,(H,13,15)(H,14,16). The zero-order chi connectivity index (χ0) is 12.9. The van der Waals surface area contributed by atoms with Gasteiger partial charge in [0.25, 0.3) is 5.91 Å². The summed E-state index contributed by atoms with van der Waals surface area (Å²) < 4.78 is 5.02. The van der Waals surface area contributed by atoms with Crippen molar-refractivity contribution >= 4 is 11.7 Å². The minimum absolute atomic E-state index is 0.260. The Balaban J connectivity index is 2.75. The second kappa shape index (κ2) is 5.60. The van der Waals surface area contributed by atoms with E-state index in [9.17, 15) is 4.79 Å². The fourth-order valence-corrected chi connectivity index (χ4v) is 1.41. The maximum Gasteiger partial charge on any atom is 0.270 e. The number of anilines is 1. The van der Waals surface area contributed by atoms with E-state index in [2.05, 4.69) is 15.7 Å². The molecule has 4 N–H and O–H groups in total. The Bertz CT molecular complexity index is 393. The highest BCUT2D eigenvalue weighted by Gasteiger charge is 2.21. The number of ether oxygens (including phenoxy) is 1. The first kappa shape index (κ1) is 13.4. The molecule has 17 heavy (non-hydrogen) atoms. The van der Waals surface area contributed by atoms with Crippen LogP contribution in [0.1, 0.15) is 24.3 Å². The Kier molecular flexibility index (Phi) is 4.42. The molecule has 6 heteroatoms. The van der Waals surface area contributed by atoms with E-state index in [1.807, 2.05) is 13.8 Å². The van der Waals surface area contributed by atoms with Crippen molar-refractivity contribution in [2.45, 2.75) is 19.4 Å². The second-order valence-corrected chi connectivity index (χ2v) is 4.32. The van der Waals surface area contributed by atoms with Crippen LogP contribution in [0, 0.1) is 0 Å². The molecular formula is C11H18N4O2. The van der Waals surface area contributed by atoms with E-state index in [0.717, 1.165) is 0 Å². The third-order valence-corrected chi connectivity index (χ3v) is 2.09. The minimum Gasteiger partial charge on any atom is -0.382 e. The number of nitrogens with two attached hydrogens (primary N) is 1. The monoisotopic (exact) mass is 238 g/mol. The van der Waals surface area contributed by atoms with E-state index in [-0.39, 0.29) is 5.91 Å². The van der Waals surface area contributed by atoms with Gasteiger partial charge in [-0.15, -0.1) is 0 Å². The Labute approximate surface area is 101 Å². The summed E-state index contributed by atoms with van der Waals surface area (Å²) in [7, 11) is 1.59. The number of rotatable bonds is 5. The van der Waals surface area contributed by atoms with E-state index < -0.39 is 5.54 Å². The molecule has 0 unspecified atom stereocenters. The van der Waals surface area contributed by atoms with Gasteiger partial charge in [0.05, 0.1) is 12.1 Å². The van der Waals surface area contributed by atoms with Crippen molar-refractivity contribution in [2.24, 2.45) is 5.84 Å². The summed E-state index contributed by atoms with van der Waals surface area (Å²) in [4.78, 5) is 16.0. The van der Waals surface area contributed by atoms with Gasteiger partial charge in [-0.05, 0) is 26.0 Å². The minimum atomic E-state index is -0.445. The first-order valence-electron chi connectivity index (χ1n) is 5.23. The second-order valence-electron chi connectivity index (χ2n) is 4.32. The fraction of sp³-hybridized carbons (Fsp3) is 0.455. The summed E-state index contributed by atoms with van der Waals surface area (Å²) in [6, 6.07) is 5.01. The molecule has 0 aliphatic rings. The SMILES string of the molecule is COCC(C)(C)NC(=O)c1cccc(NN)n1. The van der Waals surface area contributed by atoms with Gasteiger partial charge in [0.15, 0.2) is 0 Å². The molecule has 0 fully saturated rings. The normalized spacial score (nSPS) is 11.1. The first-order chi connectivity index (χ1) is 7.98. The molecule has 94 valence electrons. The van der Waals surface area contributed by atoms with Crippen LogP contribution in [0.25, 0.3) is 0 Å². The molecule has 0 aromatic carbocycles. The zero-order valence-corrected chi connectivity index (χ0v) is 10.3. The Hall–Kier alpha value is -1.66. The molecule has 1 aromatic heterocycles. The van der Waals surface area contributed by atoms with Crippen molar-refractivity contribution in [2.75, 3.05) is 19.1 Å². The van der Waals surface area contributed by atoms with Crippen LogP contribution in [0.2, 0.25) is 0 Å². The number of nitrogens with one attached hydrogen (secondary N) is 2. The van der Waals surface area contributed by atoms with Crippen molar-refractivity contribution in [3.8, 4) is 0 Å². The van der Waals surface area contributed by atoms with Crippen LogP contribution in [-0.4, -0.2) is 30.1 Å². The van der Waals surface area contributed by atoms with Gasteiger partial charge in [-0.1, -0.05) is 6.07 Å². The fourth-order valence-electron chi connectivity index (χ4n) is 1.41. The number of hydrogen-bond acceptors (Lipinski definition) is 5. The number of hydrazine groups is 1. The Morgan fingerprint density at radius 2 is 2.24 bits per heavy atom. The molecule has 0 bridgehead atoms. The van der Waals surface area contributed by atoms with Crippen LogP contribution in [0.15, 0.2) is 18.2 Å². The molecule has 0 aliphatic carbocycles. The topological polar surface area (TPSA) is 89.3 Å². The lowest BCUT2D eigenvalue weighted by Crippen LogP contribution is -2.47. The third kappa shape index (κ3) is 4.01. The van der Waals surface area contributed by atoms with Gasteiger partial charge in [0, 0.05) is 7.11 Å². The lowest BCUT2D eigenvalue weighted by Gasteiger charge is -2.25. The van der Waals surface area contributed by atoms with Gasteiger partial charge < -0.3 is 15.5 Å². The first-order valence-corrected chi connectivity index (χ1v) is 5.23. The van der Waals surface area contributed by atoms with Gasteiger partial charge in [-0.25, -0.2) is 10.8 Å². The molecule has 6 nitrogen and oxygen atoms in total. The summed E-state index contributed by atoms with van der Waals surface area (Å²) in [5, 5.41) is 2.83. The van der Waals surface area contributed by atoms with Crippen LogP contribution < -0.4 is 16.6 Å². The van der Waals surface area contributed by atoms with Crippen molar-refractivity contribution in [1.82, 2.24) is 10.3 Å². The molecule has 0 aliphatic heterocycles. The Morgan fingerprint density at radius 3 is 2.82 bits per heavy atom. The summed E-state index contributed by atoms with van der Waals surface area (Å²) >= 11 is 0. The van der Waals surface area contributed by atoms with Crippen molar-refractivity contribution < 1.29 is 9.53 Å². The molecule has 0 atom stereocenters. The number of amides is 1. The van der Waals surface area contributed by atoms with Crippen molar-refractivity contribution in [1.29, 1.82) is 0 Å². The van der Waals surface area contributed by atoms with E-state index in [0.29, 0.717) is 18.1 Å². The van der Waals surface area contributed by atoms with Gasteiger partial charge in [-0.2, -0.15) is 0 Å². The smallest absolute Gasteiger partial charge is 0.270 e. The summed E-state index contributed by atoms with van der Waals surface area (Å²) in [5.74, 6) is 5.42. The maximum absolute atomic E-state index is 11.9. The van der Waals surface area contributed by atoms with Crippen molar-refractivity contribution in [3.63, 3.8) is 0 Å². The van der Waals surface area contributed by atoms with Crippen LogP contribution >= 0.6 is 0 Å². The molecule has 1 aromatic rings. The quantitative estimate of drug-likeness (QED) is 0.514. The highest BCUT2D eigenvalue weighted by Crippen LogP contribution is 2.07. The predicted molar refractivity (Wildman–Crippen MR) is 65.5 cm³/mol. The summed E-state index contributed by atoms with van der Waals surface area (Å²) in [5.41, 5.74) is 2.26. The number of hydrogen-bond donors (Lipinski definition) is 3. The number of carbonyl (C=O) groups is 1. The molecule has 1 rings (SSSR count). The van der Waals surface area contributed by atoms with Crippen molar-refractivity contribution in [3.05, 3.63) is 23.9 Å². The average molecular weight is 238 g/mol. The van der Waals surface area contributed by atoms with Crippen LogP contribution in [0.3, 0.4) is 0 Å². The molecule has 1 amide bonds. The Morgan fingerprint density at radius 1 is 1.53 bits per heavy atom. The van der Waals surface area contributed by atoms with Gasteiger partial charge in [0.1, 0.15) is 11.5 Å². The average Bonchev–Trinajstić information content (AvgIpc) is 2.28. The number of aromatic nitrogens is 1. The largest absolute Gasteiger partial charge is 0.382 e. The highest BCUT2D eigenvalue weighted by molar-refractivity contribution is 5.93. The lowest BCUT2D eigenvalue weighted by molar-refractivity contribution is 0.0815. The number of pyridine rings is 1. The van der Waals surface area contributed by atoms with Crippen LogP contribution in [0.5, 0.6) is 0 Å². The van der Waals surface area contributed by atoms with Gasteiger partial charge in [0.2, 0.25) is 0 Å². The molecule has 0 saturated carbocycles. The predicted octanol–water partition coefficient (Wildman–Crippen LogP) is 0.522. The van der Waals surface area contributed by atoms with Crippen LogP contribution in [-0.2, 0) is 4.74 Å². The van der Waals surface area contributed by atoms with Gasteiger partial charge in [-0.3, -0.25) is 4.79 Å². The third-order valence-electron chi connectivity index (χ3n) is 2.09. The van der Waals surface area contributed by atoms with E-state index in [1.54, 1.807) is 25.3 Å². The van der Waals surface area contributed by atoms with Gasteiger partial charge >= 0.3 is 0 Å². The maximum atomic E-state index is 11.9. The van der Waals surface area contributed by atoms with Crippen LogP contribution in [0.4, 0.5) is 5.82 Å². The number of methoxy groups -OCH3 is 1. The van der Waals surface area contributed by atoms with E-state index in [1.165, 1.54) is 0 Å². The summed E-state index contributed by atoms with van der Waals surface area (Å²) in [6.45, 7) is 4.17. The molecule has 0 radical (unpaired) electrons. The summed E-state index contributed by atoms with van der Waals surface area (Å²) in [6.07, 6.45) is 0. The molecule has 0 spiro atoms. The zero-order valence-electron chi connectivity index (χ0n) is 10.3. The highest BCUT2D eigenvalue weighted by atomic mass is 16.5. The molecule has 1 heterocycles. The lowest BCUT2D eigenvalue weighted by atomic mass is 10.1.